The zero-order chi connectivity index (χ0) is 17.0. The van der Waals surface area contributed by atoms with Crippen LogP contribution < -0.4 is 5.32 Å². The van der Waals surface area contributed by atoms with Crippen LogP contribution in [0.3, 0.4) is 0 Å². The third-order valence-electron chi connectivity index (χ3n) is 3.64. The van der Waals surface area contributed by atoms with Gasteiger partial charge in [-0.1, -0.05) is 25.1 Å². The van der Waals surface area contributed by atoms with Gasteiger partial charge in [0.15, 0.2) is 15.6 Å². The number of carbonyl (C=O) groups is 1. The minimum absolute atomic E-state index is 0.0340. The molecule has 1 aromatic carbocycles. The van der Waals surface area contributed by atoms with Crippen LogP contribution in [0.4, 0.5) is 0 Å². The number of rotatable bonds is 6. The number of benzene rings is 1. The van der Waals surface area contributed by atoms with Gasteiger partial charge in [-0.3, -0.25) is 4.79 Å². The lowest BCUT2D eigenvalue weighted by molar-refractivity contribution is 0.0909. The molecular weight excluding hydrogens is 314 g/mol. The Morgan fingerprint density at radius 2 is 1.91 bits per heavy atom. The number of carbonyl (C=O) groups excluding carboxylic acids is 1. The lowest BCUT2D eigenvalue weighted by atomic mass is 10.2. The van der Waals surface area contributed by atoms with Crippen molar-refractivity contribution in [3.05, 3.63) is 53.5 Å². The van der Waals surface area contributed by atoms with Crippen LogP contribution in [0.1, 0.15) is 42.1 Å². The molecule has 5 nitrogen and oxygen atoms in total. The zero-order valence-electron chi connectivity index (χ0n) is 13.5. The van der Waals surface area contributed by atoms with E-state index in [4.69, 9.17) is 4.42 Å². The van der Waals surface area contributed by atoms with Crippen molar-refractivity contribution in [1.82, 2.24) is 5.32 Å². The Labute approximate surface area is 136 Å². The van der Waals surface area contributed by atoms with E-state index in [2.05, 4.69) is 5.32 Å². The molecule has 0 aliphatic heterocycles. The molecule has 0 spiro atoms. The Kier molecular flexibility index (Phi) is 5.26. The molecule has 1 aromatic heterocycles. The van der Waals surface area contributed by atoms with Crippen LogP contribution in [0.25, 0.3) is 0 Å². The Hall–Kier alpha value is -2.08. The van der Waals surface area contributed by atoms with E-state index in [0.717, 1.165) is 6.42 Å². The van der Waals surface area contributed by atoms with Crippen LogP contribution in [-0.2, 0) is 15.6 Å². The standard InChI is InChI=1S/C17H21NO4S/c1-4-13(3)18-17(19)15-10-9-14(22-15)11-23(20,21)16-8-6-5-7-12(16)2/h5-10,13H,4,11H2,1-3H3,(H,18,19)/t13-/m0/s1. The summed E-state index contributed by atoms with van der Waals surface area (Å²) in [4.78, 5) is 12.2. The Balaban J connectivity index is 2.16. The number of hydrogen-bond acceptors (Lipinski definition) is 4. The molecule has 1 heterocycles. The van der Waals surface area contributed by atoms with Crippen LogP contribution >= 0.6 is 0 Å². The average Bonchev–Trinajstić information content (AvgIpc) is 2.95. The molecule has 1 N–H and O–H groups in total. The van der Waals surface area contributed by atoms with Gasteiger partial charge in [0.25, 0.3) is 5.91 Å². The van der Waals surface area contributed by atoms with Gasteiger partial charge < -0.3 is 9.73 Å². The minimum atomic E-state index is -3.51. The lowest BCUT2D eigenvalue weighted by Gasteiger charge is -2.09. The molecule has 23 heavy (non-hydrogen) atoms. The molecule has 124 valence electrons. The van der Waals surface area contributed by atoms with Gasteiger partial charge in [-0.25, -0.2) is 8.42 Å². The first-order valence-corrected chi connectivity index (χ1v) is 9.16. The molecule has 1 atom stereocenters. The van der Waals surface area contributed by atoms with Gasteiger partial charge in [-0.2, -0.15) is 0 Å². The summed E-state index contributed by atoms with van der Waals surface area (Å²) >= 11 is 0. The van der Waals surface area contributed by atoms with Gasteiger partial charge in [0, 0.05) is 6.04 Å². The molecule has 0 saturated carbocycles. The van der Waals surface area contributed by atoms with Crippen molar-refractivity contribution in [2.45, 2.75) is 43.9 Å². The highest BCUT2D eigenvalue weighted by Crippen LogP contribution is 2.21. The summed E-state index contributed by atoms with van der Waals surface area (Å²) in [6, 6.07) is 9.86. The fraction of sp³-hybridized carbons (Fsp3) is 0.353. The predicted octanol–water partition coefficient (Wildman–Crippen LogP) is 3.09. The monoisotopic (exact) mass is 335 g/mol. The third kappa shape index (κ3) is 4.22. The van der Waals surface area contributed by atoms with Crippen molar-refractivity contribution in [3.8, 4) is 0 Å². The molecule has 0 bridgehead atoms. The smallest absolute Gasteiger partial charge is 0.287 e. The largest absolute Gasteiger partial charge is 0.455 e. The van der Waals surface area contributed by atoms with E-state index in [1.807, 2.05) is 13.8 Å². The summed E-state index contributed by atoms with van der Waals surface area (Å²) < 4.78 is 30.3. The molecule has 2 rings (SSSR count). The van der Waals surface area contributed by atoms with Crippen LogP contribution in [0.15, 0.2) is 45.7 Å². The highest BCUT2D eigenvalue weighted by Gasteiger charge is 2.21. The average molecular weight is 335 g/mol. The maximum absolute atomic E-state index is 12.5. The van der Waals surface area contributed by atoms with Crippen molar-refractivity contribution < 1.29 is 17.6 Å². The molecule has 1 amide bonds. The van der Waals surface area contributed by atoms with Crippen molar-refractivity contribution in [2.24, 2.45) is 0 Å². The maximum atomic E-state index is 12.5. The van der Waals surface area contributed by atoms with Crippen molar-refractivity contribution in [1.29, 1.82) is 0 Å². The number of nitrogens with one attached hydrogen (secondary N) is 1. The number of furan rings is 1. The van der Waals surface area contributed by atoms with Crippen LogP contribution in [0.2, 0.25) is 0 Å². The van der Waals surface area contributed by atoms with Gasteiger partial charge in [-0.05, 0) is 44.0 Å². The first kappa shape index (κ1) is 17.3. The fourth-order valence-electron chi connectivity index (χ4n) is 2.14. The number of aryl methyl sites for hydroxylation is 1. The van der Waals surface area contributed by atoms with E-state index in [1.54, 1.807) is 31.2 Å². The summed E-state index contributed by atoms with van der Waals surface area (Å²) in [5.41, 5.74) is 0.689. The van der Waals surface area contributed by atoms with Crippen molar-refractivity contribution in [3.63, 3.8) is 0 Å². The molecule has 0 fully saturated rings. The molecule has 0 unspecified atom stereocenters. The number of sulfone groups is 1. The molecule has 0 aliphatic rings. The van der Waals surface area contributed by atoms with Crippen LogP contribution in [-0.4, -0.2) is 20.4 Å². The first-order chi connectivity index (χ1) is 10.8. The zero-order valence-corrected chi connectivity index (χ0v) is 14.3. The van der Waals surface area contributed by atoms with Gasteiger partial charge in [-0.15, -0.1) is 0 Å². The Morgan fingerprint density at radius 1 is 1.22 bits per heavy atom. The number of amides is 1. The summed E-state index contributed by atoms with van der Waals surface area (Å²) in [7, 11) is -3.51. The number of hydrogen-bond donors (Lipinski definition) is 1. The van der Waals surface area contributed by atoms with Gasteiger partial charge >= 0.3 is 0 Å². The molecule has 0 saturated heterocycles. The van der Waals surface area contributed by atoms with E-state index in [-0.39, 0.29) is 34.1 Å². The highest BCUT2D eigenvalue weighted by molar-refractivity contribution is 7.90. The van der Waals surface area contributed by atoms with Crippen LogP contribution in [0, 0.1) is 6.92 Å². The second-order valence-electron chi connectivity index (χ2n) is 5.57. The molecule has 2 aromatic rings. The maximum Gasteiger partial charge on any atom is 0.287 e. The quantitative estimate of drug-likeness (QED) is 0.880. The fourth-order valence-corrected chi connectivity index (χ4v) is 3.67. The topological polar surface area (TPSA) is 76.4 Å². The van der Waals surface area contributed by atoms with E-state index < -0.39 is 9.84 Å². The second kappa shape index (κ2) is 7.00. The third-order valence-corrected chi connectivity index (χ3v) is 5.43. The van der Waals surface area contributed by atoms with Gasteiger partial charge in [0.1, 0.15) is 11.5 Å². The normalized spacial score (nSPS) is 12.8. The predicted molar refractivity (Wildman–Crippen MR) is 88.0 cm³/mol. The van der Waals surface area contributed by atoms with E-state index >= 15 is 0 Å². The van der Waals surface area contributed by atoms with Crippen LogP contribution in [0.5, 0.6) is 0 Å². The van der Waals surface area contributed by atoms with Crippen molar-refractivity contribution in [2.75, 3.05) is 0 Å². The van der Waals surface area contributed by atoms with Gasteiger partial charge in [0.2, 0.25) is 0 Å². The summed E-state index contributed by atoms with van der Waals surface area (Å²) in [6.45, 7) is 5.61. The molecular formula is C17H21NO4S. The Bertz CT molecular complexity index is 792. The highest BCUT2D eigenvalue weighted by atomic mass is 32.2. The molecule has 0 aliphatic carbocycles. The lowest BCUT2D eigenvalue weighted by Crippen LogP contribution is -2.31. The van der Waals surface area contributed by atoms with E-state index in [0.29, 0.717) is 5.56 Å². The van der Waals surface area contributed by atoms with Crippen molar-refractivity contribution >= 4 is 15.7 Å². The minimum Gasteiger partial charge on any atom is -0.455 e. The summed E-state index contributed by atoms with van der Waals surface area (Å²) in [5.74, 6) is -0.226. The second-order valence-corrected chi connectivity index (χ2v) is 7.53. The summed E-state index contributed by atoms with van der Waals surface area (Å²) in [6.07, 6.45) is 0.807. The summed E-state index contributed by atoms with van der Waals surface area (Å²) in [5, 5.41) is 2.78. The molecule has 0 radical (unpaired) electrons. The van der Waals surface area contributed by atoms with E-state index in [1.165, 1.54) is 12.1 Å². The first-order valence-electron chi connectivity index (χ1n) is 7.51. The SMILES string of the molecule is CC[C@H](C)NC(=O)c1ccc(CS(=O)(=O)c2ccccc2C)o1. The van der Waals surface area contributed by atoms with E-state index in [9.17, 15) is 13.2 Å². The van der Waals surface area contributed by atoms with Gasteiger partial charge in [0.05, 0.1) is 4.90 Å². The Morgan fingerprint density at radius 3 is 2.57 bits per heavy atom. The molecule has 6 heteroatoms.